The number of anilines is 1. The normalized spacial score (nSPS) is 15.6. The fourth-order valence-corrected chi connectivity index (χ4v) is 6.32. The number of hydrogen-bond donors (Lipinski definition) is 1. The summed E-state index contributed by atoms with van der Waals surface area (Å²) in [6, 6.07) is 16.1. The van der Waals surface area contributed by atoms with Gasteiger partial charge in [-0.05, 0) is 84.0 Å². The van der Waals surface area contributed by atoms with Crippen LogP contribution in [-0.2, 0) is 34.8 Å². The molecule has 0 spiro atoms. The Morgan fingerprint density at radius 2 is 1.88 bits per heavy atom. The number of hydrogen-bond acceptors (Lipinski definition) is 4. The van der Waals surface area contributed by atoms with Gasteiger partial charge < -0.3 is 9.47 Å². The number of nitrogens with one attached hydrogen (secondary N) is 1. The number of rotatable bonds is 9. The van der Waals surface area contributed by atoms with Crippen LogP contribution in [0, 0.1) is 11.6 Å². The van der Waals surface area contributed by atoms with Gasteiger partial charge in [-0.1, -0.05) is 25.1 Å². The number of imidazole rings is 1. The van der Waals surface area contributed by atoms with Crippen molar-refractivity contribution in [3.63, 3.8) is 0 Å². The van der Waals surface area contributed by atoms with E-state index in [4.69, 9.17) is 0 Å². The zero-order valence-corrected chi connectivity index (χ0v) is 23.0. The quantitative estimate of drug-likeness (QED) is 0.296. The first kappa shape index (κ1) is 27.7. The maximum atomic E-state index is 13.8. The first-order chi connectivity index (χ1) is 19.1. The van der Waals surface area contributed by atoms with E-state index >= 15 is 0 Å². The van der Waals surface area contributed by atoms with Gasteiger partial charge in [0.15, 0.2) is 0 Å². The van der Waals surface area contributed by atoms with Crippen molar-refractivity contribution in [2.24, 2.45) is 7.05 Å². The molecule has 10 heteroatoms. The molecule has 1 N–H and O–H groups in total. The van der Waals surface area contributed by atoms with Gasteiger partial charge in [-0.25, -0.2) is 26.9 Å². The number of nitrogens with zero attached hydrogens (tertiary/aromatic N) is 3. The average molecular weight is 565 g/mol. The number of carbonyl (C=O) groups excluding carboxylic acids is 1. The summed E-state index contributed by atoms with van der Waals surface area (Å²) in [6.07, 6.45) is 4.84. The van der Waals surface area contributed by atoms with E-state index in [2.05, 4.69) is 9.71 Å². The molecule has 4 aromatic rings. The number of carbonyl (C=O) groups is 1. The summed E-state index contributed by atoms with van der Waals surface area (Å²) in [6.45, 7) is 2.09. The van der Waals surface area contributed by atoms with E-state index in [1.807, 2.05) is 36.7 Å². The highest BCUT2D eigenvalue weighted by atomic mass is 32.2. The van der Waals surface area contributed by atoms with E-state index in [9.17, 15) is 22.0 Å². The molecule has 1 amide bonds. The highest BCUT2D eigenvalue weighted by Crippen LogP contribution is 2.36. The Morgan fingerprint density at radius 1 is 1.10 bits per heavy atom. The second kappa shape index (κ2) is 11.3. The van der Waals surface area contributed by atoms with Gasteiger partial charge in [-0.3, -0.25) is 4.79 Å². The van der Waals surface area contributed by atoms with Gasteiger partial charge in [0.1, 0.15) is 17.5 Å². The summed E-state index contributed by atoms with van der Waals surface area (Å²) in [5.41, 5.74) is 3.13. The maximum Gasteiger partial charge on any atom is 0.241 e. The Labute approximate surface area is 232 Å². The summed E-state index contributed by atoms with van der Waals surface area (Å²) < 4.78 is 57.8. The minimum Gasteiger partial charge on any atom is -0.337 e. The van der Waals surface area contributed by atoms with Crippen LogP contribution in [-0.4, -0.2) is 23.9 Å². The van der Waals surface area contributed by atoms with Gasteiger partial charge in [0, 0.05) is 37.6 Å². The molecule has 0 unspecified atom stereocenters. The fraction of sp³-hybridized carbons (Fsp3) is 0.267. The summed E-state index contributed by atoms with van der Waals surface area (Å²) >= 11 is 0. The SMILES string of the molecule is C[C@H](CC(=O)N(Cc1nccn1C)c1ccc2c(c1)[C@@H](NS(=O)(=O)c1ccc(F)cc1)CC2)c1cccc(F)c1. The van der Waals surface area contributed by atoms with Crippen molar-refractivity contribution in [1.29, 1.82) is 0 Å². The van der Waals surface area contributed by atoms with Crippen molar-refractivity contribution in [3.8, 4) is 0 Å². The van der Waals surface area contributed by atoms with E-state index in [1.54, 1.807) is 29.4 Å². The van der Waals surface area contributed by atoms with Crippen molar-refractivity contribution in [2.45, 2.75) is 49.6 Å². The minimum atomic E-state index is -3.89. The minimum absolute atomic E-state index is 0.0172. The maximum absolute atomic E-state index is 13.8. The Morgan fingerprint density at radius 3 is 2.58 bits per heavy atom. The van der Waals surface area contributed by atoms with Gasteiger partial charge in [0.25, 0.3) is 0 Å². The number of halogens is 2. The first-order valence-corrected chi connectivity index (χ1v) is 14.5. The lowest BCUT2D eigenvalue weighted by Gasteiger charge is -2.26. The Bertz CT molecular complexity index is 1640. The third-order valence-electron chi connectivity index (χ3n) is 7.36. The van der Waals surface area contributed by atoms with Gasteiger partial charge in [0.05, 0.1) is 11.4 Å². The Hall–Kier alpha value is -3.89. The molecule has 3 aromatic carbocycles. The number of benzene rings is 3. The number of fused-ring (bicyclic) bond motifs is 1. The molecule has 0 aliphatic heterocycles. The molecular weight excluding hydrogens is 534 g/mol. The zero-order valence-electron chi connectivity index (χ0n) is 22.2. The summed E-state index contributed by atoms with van der Waals surface area (Å²) in [5.74, 6) is -0.577. The second-order valence-corrected chi connectivity index (χ2v) is 11.9. The van der Waals surface area contributed by atoms with Crippen LogP contribution in [0.2, 0.25) is 0 Å². The molecule has 1 aliphatic carbocycles. The molecule has 5 rings (SSSR count). The Kier molecular flexibility index (Phi) is 7.82. The number of amides is 1. The van der Waals surface area contributed by atoms with Crippen molar-refractivity contribution >= 4 is 21.6 Å². The topological polar surface area (TPSA) is 84.3 Å². The third kappa shape index (κ3) is 5.97. The zero-order chi connectivity index (χ0) is 28.4. The highest BCUT2D eigenvalue weighted by Gasteiger charge is 2.30. The summed E-state index contributed by atoms with van der Waals surface area (Å²) in [4.78, 5) is 19.7. The molecule has 2 atom stereocenters. The molecule has 0 radical (unpaired) electrons. The third-order valence-corrected chi connectivity index (χ3v) is 8.85. The molecule has 40 heavy (non-hydrogen) atoms. The van der Waals surface area contributed by atoms with Crippen molar-refractivity contribution in [3.05, 3.63) is 113 Å². The van der Waals surface area contributed by atoms with Crippen LogP contribution in [0.3, 0.4) is 0 Å². The molecule has 7 nitrogen and oxygen atoms in total. The van der Waals surface area contributed by atoms with Crippen LogP contribution in [0.25, 0.3) is 0 Å². The largest absolute Gasteiger partial charge is 0.337 e. The molecule has 1 aliphatic rings. The lowest BCUT2D eigenvalue weighted by Crippen LogP contribution is -2.32. The molecule has 0 saturated heterocycles. The number of sulfonamides is 1. The van der Waals surface area contributed by atoms with Crippen molar-refractivity contribution in [1.82, 2.24) is 14.3 Å². The second-order valence-electron chi connectivity index (χ2n) is 10.1. The van der Waals surface area contributed by atoms with Crippen LogP contribution in [0.15, 0.2) is 84.0 Å². The Balaban J connectivity index is 1.43. The van der Waals surface area contributed by atoms with E-state index in [-0.39, 0.29) is 35.5 Å². The van der Waals surface area contributed by atoms with E-state index in [0.29, 0.717) is 24.4 Å². The highest BCUT2D eigenvalue weighted by molar-refractivity contribution is 7.89. The van der Waals surface area contributed by atoms with Gasteiger partial charge in [-0.2, -0.15) is 0 Å². The summed E-state index contributed by atoms with van der Waals surface area (Å²) in [7, 11) is -2.04. The molecule has 0 saturated carbocycles. The monoisotopic (exact) mass is 564 g/mol. The predicted molar refractivity (Wildman–Crippen MR) is 148 cm³/mol. The van der Waals surface area contributed by atoms with Gasteiger partial charge in [-0.15, -0.1) is 0 Å². The van der Waals surface area contributed by atoms with Gasteiger partial charge in [0.2, 0.25) is 15.9 Å². The molecule has 208 valence electrons. The predicted octanol–water partition coefficient (Wildman–Crippen LogP) is 5.39. The molecule has 1 aromatic heterocycles. The van der Waals surface area contributed by atoms with Crippen molar-refractivity contribution in [2.75, 3.05) is 4.90 Å². The van der Waals surface area contributed by atoms with Crippen molar-refractivity contribution < 1.29 is 22.0 Å². The molecule has 0 bridgehead atoms. The van der Waals surface area contributed by atoms with Gasteiger partial charge >= 0.3 is 0 Å². The van der Waals surface area contributed by atoms with Crippen LogP contribution in [0.1, 0.15) is 54.2 Å². The molecule has 1 heterocycles. The van der Waals surface area contributed by atoms with E-state index in [0.717, 1.165) is 28.8 Å². The van der Waals surface area contributed by atoms with Crippen LogP contribution in [0.4, 0.5) is 14.5 Å². The van der Waals surface area contributed by atoms with Crippen LogP contribution in [0.5, 0.6) is 0 Å². The molecule has 0 fully saturated rings. The van der Waals surface area contributed by atoms with E-state index in [1.165, 1.54) is 24.3 Å². The average Bonchev–Trinajstić information content (AvgIpc) is 3.52. The van der Waals surface area contributed by atoms with Crippen LogP contribution < -0.4 is 9.62 Å². The standard InChI is InChI=1S/C30H30F2N4O3S/c1-20(22-4-3-5-24(32)17-22)16-30(37)36(19-29-33-14-15-35(29)2)25-10-6-21-7-13-28(27(21)18-25)34-40(38,39)26-11-8-23(31)9-12-26/h3-6,8-12,14-15,17-18,20,28,34H,7,13,16,19H2,1-2H3/t20-,28+/m1/s1. The lowest BCUT2D eigenvalue weighted by molar-refractivity contribution is -0.119. The molecular formula is C30H30F2N4O3S. The lowest BCUT2D eigenvalue weighted by atomic mass is 9.96. The summed E-state index contributed by atoms with van der Waals surface area (Å²) in [5, 5.41) is 0. The fourth-order valence-electron chi connectivity index (χ4n) is 5.07. The van der Waals surface area contributed by atoms with Crippen LogP contribution >= 0.6 is 0 Å². The number of aromatic nitrogens is 2. The first-order valence-electron chi connectivity index (χ1n) is 13.0. The number of aryl methyl sites for hydroxylation is 2. The smallest absolute Gasteiger partial charge is 0.241 e. The van der Waals surface area contributed by atoms with E-state index < -0.39 is 21.9 Å².